The average molecular weight is 849 g/mol. The molecule has 0 spiro atoms. The summed E-state index contributed by atoms with van der Waals surface area (Å²) in [6, 6.07) is 3.99. The summed E-state index contributed by atoms with van der Waals surface area (Å²) in [4.78, 5) is 71.0. The highest BCUT2D eigenvalue weighted by atomic mass is 32.2. The summed E-state index contributed by atoms with van der Waals surface area (Å²) in [6.07, 6.45) is 3.92. The van der Waals surface area contributed by atoms with Crippen LogP contribution in [-0.2, 0) is 40.4 Å². The lowest BCUT2D eigenvalue weighted by atomic mass is 9.88. The van der Waals surface area contributed by atoms with E-state index in [4.69, 9.17) is 14.2 Å². The number of methoxy groups -OCH3 is 1. The zero-order valence-electron chi connectivity index (χ0n) is 34.2. The van der Waals surface area contributed by atoms with Crippen molar-refractivity contribution in [3.05, 3.63) is 46.8 Å². The highest BCUT2D eigenvalue weighted by molar-refractivity contribution is 7.91. The summed E-state index contributed by atoms with van der Waals surface area (Å²) >= 11 is 0. The minimum atomic E-state index is -3.98. The second kappa shape index (κ2) is 16.8. The molecule has 2 aliphatic carbocycles. The van der Waals surface area contributed by atoms with Crippen molar-refractivity contribution >= 4 is 44.6 Å². The number of alkyl halides is 2. The molecule has 324 valence electrons. The Morgan fingerprint density at radius 2 is 1.75 bits per heavy atom. The Hall–Kier alpha value is -4.65. The molecule has 2 saturated carbocycles. The van der Waals surface area contributed by atoms with E-state index in [-0.39, 0.29) is 49.9 Å². The summed E-state index contributed by atoms with van der Waals surface area (Å²) in [5.41, 5.74) is -4.25. The molecule has 0 unspecified atom stereocenters. The number of aromatic nitrogens is 2. The van der Waals surface area contributed by atoms with Gasteiger partial charge in [-0.1, -0.05) is 38.1 Å². The maximum absolute atomic E-state index is 14.9. The molecule has 3 fully saturated rings. The molecule has 1 aromatic heterocycles. The highest BCUT2D eigenvalue weighted by Crippen LogP contribution is 2.46. The van der Waals surface area contributed by atoms with Gasteiger partial charge < -0.3 is 29.7 Å². The van der Waals surface area contributed by atoms with Gasteiger partial charge in [-0.25, -0.2) is 26.7 Å². The summed E-state index contributed by atoms with van der Waals surface area (Å²) in [5.74, 6) is -6.89. The topological polar surface area (TPSA) is 204 Å². The van der Waals surface area contributed by atoms with E-state index in [2.05, 4.69) is 20.5 Å². The fourth-order valence-electron chi connectivity index (χ4n) is 7.75. The maximum Gasteiger partial charge on any atom is 0.408 e. The highest BCUT2D eigenvalue weighted by Gasteiger charge is 2.62. The third kappa shape index (κ3) is 9.55. The molecule has 2 aliphatic heterocycles. The lowest BCUT2D eigenvalue weighted by Gasteiger charge is -2.35. The minimum Gasteiger partial charge on any atom is -0.471 e. The van der Waals surface area contributed by atoms with Gasteiger partial charge in [-0.3, -0.25) is 23.9 Å². The Morgan fingerprint density at radius 1 is 1.05 bits per heavy atom. The summed E-state index contributed by atoms with van der Waals surface area (Å²) in [5, 5.41) is 9.78. The van der Waals surface area contributed by atoms with Crippen molar-refractivity contribution in [1.29, 1.82) is 0 Å². The number of nitrogens with one attached hydrogen (secondary N) is 3. The number of hydrogen-bond acceptors (Lipinski definition) is 11. The molecular formula is C40H54F2N6O10S. The van der Waals surface area contributed by atoms with Gasteiger partial charge in [0.2, 0.25) is 27.7 Å². The van der Waals surface area contributed by atoms with Gasteiger partial charge in [-0.05, 0) is 76.3 Å². The van der Waals surface area contributed by atoms with Gasteiger partial charge in [0.15, 0.2) is 5.60 Å². The molecule has 19 heteroatoms. The smallest absolute Gasteiger partial charge is 0.408 e. The number of benzene rings is 1. The molecule has 59 heavy (non-hydrogen) atoms. The van der Waals surface area contributed by atoms with Crippen molar-refractivity contribution in [2.24, 2.45) is 17.8 Å². The molecule has 0 radical (unpaired) electrons. The van der Waals surface area contributed by atoms with Crippen LogP contribution in [0.3, 0.4) is 0 Å². The van der Waals surface area contributed by atoms with Crippen molar-refractivity contribution in [2.45, 2.75) is 127 Å². The lowest BCUT2D eigenvalue weighted by molar-refractivity contribution is -0.152. The lowest BCUT2D eigenvalue weighted by Crippen LogP contribution is -2.59. The van der Waals surface area contributed by atoms with E-state index in [1.54, 1.807) is 37.3 Å². The number of carbonyl (C=O) groups is 4. The van der Waals surface area contributed by atoms with Crippen molar-refractivity contribution in [2.75, 3.05) is 20.3 Å². The molecule has 4 amide bonds. The summed E-state index contributed by atoms with van der Waals surface area (Å²) < 4.78 is 74.8. The third-order valence-corrected chi connectivity index (χ3v) is 13.7. The predicted molar refractivity (Wildman–Crippen MR) is 211 cm³/mol. The molecule has 6 rings (SSSR count). The first-order chi connectivity index (χ1) is 27.7. The molecule has 7 atom stereocenters. The number of nitrogens with zero attached hydrogens (tertiary/aromatic N) is 3. The van der Waals surface area contributed by atoms with Crippen molar-refractivity contribution < 1.29 is 50.6 Å². The number of hydrogen-bond donors (Lipinski definition) is 3. The van der Waals surface area contributed by atoms with E-state index in [9.17, 15) is 41.2 Å². The van der Waals surface area contributed by atoms with Gasteiger partial charge in [0, 0.05) is 26.4 Å². The molecule has 1 saturated heterocycles. The quantitative estimate of drug-likeness (QED) is 0.280. The Balaban J connectivity index is 1.37. The number of halogens is 2. The Bertz CT molecular complexity index is 2160. The zero-order chi connectivity index (χ0) is 43.1. The van der Waals surface area contributed by atoms with Crippen LogP contribution in [0.2, 0.25) is 0 Å². The molecule has 0 bridgehead atoms. The Morgan fingerprint density at radius 3 is 2.41 bits per heavy atom. The first-order valence-corrected chi connectivity index (χ1v) is 21.6. The van der Waals surface area contributed by atoms with E-state index in [0.29, 0.717) is 49.8 Å². The Kier molecular flexibility index (Phi) is 12.5. The number of amides is 4. The molecule has 16 nitrogen and oxygen atoms in total. The second-order valence-electron chi connectivity index (χ2n) is 17.0. The molecule has 2 aromatic rings. The largest absolute Gasteiger partial charge is 0.471 e. The van der Waals surface area contributed by atoms with Crippen LogP contribution in [-0.4, -0.2) is 108 Å². The SMILES string of the molecule is COCCn1nc(O[C@@H]2C[C@H]3C(=O)N[C@]4(C(=O)NS(=O)(=O)C5CC5)C[C@H]4/C=C\CC[C@@H](C)C[C@@H](C)[C@H](NC(=O)OC(C)(C)C(C)(F)F)C(=O)N3C2)c2ccccc2c1=O. The van der Waals surface area contributed by atoms with Crippen LogP contribution >= 0.6 is 0 Å². The fraction of sp³-hybridized carbons (Fsp3) is 0.650. The number of sulfonamides is 1. The first kappa shape index (κ1) is 43.9. The van der Waals surface area contributed by atoms with Crippen LogP contribution in [0.1, 0.15) is 79.6 Å². The fourth-order valence-corrected chi connectivity index (χ4v) is 9.12. The van der Waals surface area contributed by atoms with Gasteiger partial charge >= 0.3 is 6.09 Å². The van der Waals surface area contributed by atoms with Crippen LogP contribution in [0.5, 0.6) is 5.88 Å². The van der Waals surface area contributed by atoms with E-state index in [1.165, 1.54) is 16.7 Å². The van der Waals surface area contributed by atoms with Gasteiger partial charge in [-0.15, -0.1) is 5.10 Å². The Labute approximate surface area is 341 Å². The van der Waals surface area contributed by atoms with Gasteiger partial charge in [0.25, 0.3) is 17.4 Å². The van der Waals surface area contributed by atoms with Gasteiger partial charge in [0.1, 0.15) is 23.7 Å². The number of carbonyl (C=O) groups excluding carboxylic acids is 4. The number of fused-ring (bicyclic) bond motifs is 3. The van der Waals surface area contributed by atoms with Crippen LogP contribution < -0.4 is 25.7 Å². The van der Waals surface area contributed by atoms with E-state index >= 15 is 0 Å². The van der Waals surface area contributed by atoms with Crippen LogP contribution in [0.25, 0.3) is 10.8 Å². The zero-order valence-corrected chi connectivity index (χ0v) is 35.0. The summed E-state index contributed by atoms with van der Waals surface area (Å²) in [7, 11) is -2.50. The van der Waals surface area contributed by atoms with Crippen LogP contribution in [0.15, 0.2) is 41.2 Å². The van der Waals surface area contributed by atoms with Crippen molar-refractivity contribution in [3.8, 4) is 5.88 Å². The van der Waals surface area contributed by atoms with Crippen molar-refractivity contribution in [3.63, 3.8) is 0 Å². The minimum absolute atomic E-state index is 0.00128. The number of ether oxygens (including phenoxy) is 3. The predicted octanol–water partition coefficient (Wildman–Crippen LogP) is 3.42. The number of alkyl carbamates (subject to hydrolysis) is 1. The third-order valence-electron chi connectivity index (χ3n) is 11.9. The molecule has 3 heterocycles. The van der Waals surface area contributed by atoms with Crippen molar-refractivity contribution in [1.82, 2.24) is 30.0 Å². The second-order valence-corrected chi connectivity index (χ2v) is 19.0. The van der Waals surface area contributed by atoms with Crippen LogP contribution in [0.4, 0.5) is 13.6 Å². The first-order valence-electron chi connectivity index (χ1n) is 20.1. The van der Waals surface area contributed by atoms with E-state index < -0.39 is 86.2 Å². The molecular weight excluding hydrogens is 795 g/mol. The van der Waals surface area contributed by atoms with Gasteiger partial charge in [-0.2, -0.15) is 0 Å². The molecule has 4 aliphatic rings. The number of allylic oxidation sites excluding steroid dienone is 1. The molecule has 1 aromatic carbocycles. The van der Waals surface area contributed by atoms with Gasteiger partial charge in [0.05, 0.1) is 35.7 Å². The maximum atomic E-state index is 14.9. The molecule has 3 N–H and O–H groups in total. The monoisotopic (exact) mass is 848 g/mol. The van der Waals surface area contributed by atoms with E-state index in [0.717, 1.165) is 13.8 Å². The van der Waals surface area contributed by atoms with Crippen LogP contribution in [0, 0.1) is 17.8 Å². The average Bonchev–Trinajstić information content (AvgIpc) is 4.09. The van der Waals surface area contributed by atoms with E-state index in [1.807, 2.05) is 13.0 Å². The number of rotatable bonds is 11. The standard InChI is InChI=1S/C40H54F2N6O10S/c1-23-11-7-8-12-25-21-40(25,36(52)46-59(54,55)27-15-16-27)44-32(49)30-20-26(57-33-28-13-9-10-14-29(28)34(50)48(45-33)17-18-56-6)22-47(30)35(51)31(24(2)19-23)43-37(53)58-38(3,4)39(5,41)42/h8-10,12-14,23-27,30-31H,7,11,15-22H2,1-6H3,(H,43,53)(H,44,49)(H,46,52)/b12-8-/t23-,24-,25-,26-,30+,31+,40-/m1/s1. The summed E-state index contributed by atoms with van der Waals surface area (Å²) in [6.45, 7) is 6.48. The normalized spacial score (nSPS) is 28.6.